The number of carboxylic acid groups (broad SMARTS) is 1. The molecule has 1 aromatic carbocycles. The maximum absolute atomic E-state index is 12.3. The van der Waals surface area contributed by atoms with Gasteiger partial charge < -0.3 is 5.11 Å². The molecule has 0 radical (unpaired) electrons. The number of halogens is 1. The second-order valence-electron chi connectivity index (χ2n) is 4.69. The Balaban J connectivity index is 3.19. The fourth-order valence-corrected chi connectivity index (χ4v) is 4.06. The van der Waals surface area contributed by atoms with E-state index < -0.39 is 32.9 Å². The van der Waals surface area contributed by atoms with E-state index in [-0.39, 0.29) is 15.1 Å². The van der Waals surface area contributed by atoms with Crippen molar-refractivity contribution in [2.24, 2.45) is 5.92 Å². The van der Waals surface area contributed by atoms with Crippen molar-refractivity contribution in [1.29, 1.82) is 0 Å². The zero-order valence-corrected chi connectivity index (χ0v) is 14.2. The first-order chi connectivity index (χ1) is 10.1. The van der Waals surface area contributed by atoms with Gasteiger partial charge in [-0.3, -0.25) is 14.9 Å². The predicted octanol–water partition coefficient (Wildman–Crippen LogP) is 2.13. The molecular formula is C12H15BrN2O6S. The molecule has 0 bridgehead atoms. The predicted molar refractivity (Wildman–Crippen MR) is 82.0 cm³/mol. The lowest BCUT2D eigenvalue weighted by atomic mass is 10.0. The van der Waals surface area contributed by atoms with Gasteiger partial charge in [-0.05, 0) is 27.9 Å². The molecule has 0 saturated heterocycles. The Morgan fingerprint density at radius 1 is 1.50 bits per heavy atom. The molecule has 2 N–H and O–H groups in total. The molecule has 1 rings (SSSR count). The molecule has 8 nitrogen and oxygen atoms in total. The Hall–Kier alpha value is -1.52. The molecule has 0 fully saturated rings. The molecule has 0 heterocycles. The Morgan fingerprint density at radius 2 is 2.09 bits per heavy atom. The lowest BCUT2D eigenvalue weighted by Crippen LogP contribution is -2.44. The summed E-state index contributed by atoms with van der Waals surface area (Å²) in [4.78, 5) is 20.9. The van der Waals surface area contributed by atoms with Crippen molar-refractivity contribution >= 4 is 37.6 Å². The van der Waals surface area contributed by atoms with Gasteiger partial charge in [0, 0.05) is 16.6 Å². The second kappa shape index (κ2) is 7.16. The number of nitrogens with one attached hydrogen (secondary N) is 1. The summed E-state index contributed by atoms with van der Waals surface area (Å²) in [7, 11) is -4.13. The second-order valence-corrected chi connectivity index (χ2v) is 7.23. The minimum absolute atomic E-state index is 0.0116. The third-order valence-electron chi connectivity index (χ3n) is 3.18. The van der Waals surface area contributed by atoms with Crippen LogP contribution in [0.2, 0.25) is 0 Å². The van der Waals surface area contributed by atoms with Crippen LogP contribution in [0.5, 0.6) is 0 Å². The number of benzene rings is 1. The summed E-state index contributed by atoms with van der Waals surface area (Å²) < 4.78 is 26.7. The monoisotopic (exact) mass is 394 g/mol. The molecule has 22 heavy (non-hydrogen) atoms. The molecule has 122 valence electrons. The largest absolute Gasteiger partial charge is 0.480 e. The molecule has 0 aliphatic heterocycles. The number of nitro groups is 1. The summed E-state index contributed by atoms with van der Waals surface area (Å²) >= 11 is 2.96. The molecule has 0 aliphatic carbocycles. The van der Waals surface area contributed by atoms with E-state index in [0.717, 1.165) is 18.2 Å². The number of sulfonamides is 1. The number of rotatable bonds is 7. The van der Waals surface area contributed by atoms with E-state index in [1.54, 1.807) is 13.8 Å². The molecule has 0 amide bonds. The van der Waals surface area contributed by atoms with E-state index in [1.165, 1.54) is 0 Å². The van der Waals surface area contributed by atoms with Crippen molar-refractivity contribution < 1.29 is 23.2 Å². The first-order valence-electron chi connectivity index (χ1n) is 6.29. The molecule has 0 aromatic heterocycles. The van der Waals surface area contributed by atoms with Gasteiger partial charge in [0.15, 0.2) is 0 Å². The summed E-state index contributed by atoms with van der Waals surface area (Å²) in [6.07, 6.45) is 0.473. The van der Waals surface area contributed by atoms with E-state index in [9.17, 15) is 23.3 Å². The summed E-state index contributed by atoms with van der Waals surface area (Å²) in [5.41, 5.74) is -0.275. The summed E-state index contributed by atoms with van der Waals surface area (Å²) in [6.45, 7) is 3.36. The number of hydrogen-bond donors (Lipinski definition) is 2. The van der Waals surface area contributed by atoms with Crippen molar-refractivity contribution in [2.45, 2.75) is 31.2 Å². The van der Waals surface area contributed by atoms with E-state index in [0.29, 0.717) is 6.42 Å². The average molecular weight is 395 g/mol. The van der Waals surface area contributed by atoms with Gasteiger partial charge in [0.1, 0.15) is 6.04 Å². The third kappa shape index (κ3) is 4.24. The van der Waals surface area contributed by atoms with Gasteiger partial charge in [0.2, 0.25) is 10.0 Å². The maximum Gasteiger partial charge on any atom is 0.322 e. The zero-order chi connectivity index (χ0) is 17.1. The first-order valence-corrected chi connectivity index (χ1v) is 8.56. The van der Waals surface area contributed by atoms with Crippen LogP contribution in [0.25, 0.3) is 0 Å². The van der Waals surface area contributed by atoms with Crippen molar-refractivity contribution in [2.75, 3.05) is 0 Å². The van der Waals surface area contributed by atoms with E-state index in [1.807, 2.05) is 0 Å². The summed E-state index contributed by atoms with van der Waals surface area (Å²) in [6, 6.07) is 1.86. The lowest BCUT2D eigenvalue weighted by molar-refractivity contribution is -0.385. The molecule has 0 spiro atoms. The van der Waals surface area contributed by atoms with Gasteiger partial charge in [-0.1, -0.05) is 20.3 Å². The Bertz CT molecular complexity index is 691. The lowest BCUT2D eigenvalue weighted by Gasteiger charge is -2.20. The van der Waals surface area contributed by atoms with Crippen molar-refractivity contribution in [3.8, 4) is 0 Å². The third-order valence-corrected chi connectivity index (χ3v) is 5.59. The highest BCUT2D eigenvalue weighted by Crippen LogP contribution is 2.27. The van der Waals surface area contributed by atoms with Crippen LogP contribution in [0, 0.1) is 16.0 Å². The van der Waals surface area contributed by atoms with Gasteiger partial charge >= 0.3 is 5.97 Å². The number of nitrogens with zero attached hydrogens (tertiary/aromatic N) is 1. The molecule has 2 atom stereocenters. The highest BCUT2D eigenvalue weighted by Gasteiger charge is 2.30. The van der Waals surface area contributed by atoms with Gasteiger partial charge in [-0.2, -0.15) is 4.72 Å². The topological polar surface area (TPSA) is 127 Å². The quantitative estimate of drug-likeness (QED) is 0.538. The normalized spacial score (nSPS) is 14.3. The van der Waals surface area contributed by atoms with Crippen molar-refractivity contribution in [3.63, 3.8) is 0 Å². The fourth-order valence-electron chi connectivity index (χ4n) is 1.70. The minimum atomic E-state index is -4.13. The Labute approximate surface area is 135 Å². The van der Waals surface area contributed by atoms with Gasteiger partial charge in [-0.15, -0.1) is 0 Å². The smallest absolute Gasteiger partial charge is 0.322 e. The zero-order valence-electron chi connectivity index (χ0n) is 11.8. The van der Waals surface area contributed by atoms with Crippen molar-refractivity contribution in [1.82, 2.24) is 4.72 Å². The maximum atomic E-state index is 12.3. The number of carbonyl (C=O) groups is 1. The van der Waals surface area contributed by atoms with Crippen LogP contribution in [0.3, 0.4) is 0 Å². The minimum Gasteiger partial charge on any atom is -0.480 e. The van der Waals surface area contributed by atoms with Crippen molar-refractivity contribution in [3.05, 3.63) is 32.8 Å². The number of aliphatic carboxylic acids is 1. The summed E-state index contributed by atoms with van der Waals surface area (Å²) in [5.74, 6) is -1.69. The van der Waals surface area contributed by atoms with E-state index in [4.69, 9.17) is 5.11 Å². The fraction of sp³-hybridized carbons (Fsp3) is 0.417. The van der Waals surface area contributed by atoms with Crippen LogP contribution in [0.15, 0.2) is 27.6 Å². The Kier molecular flexibility index (Phi) is 6.03. The molecule has 10 heteroatoms. The average Bonchev–Trinajstić information content (AvgIpc) is 2.43. The number of non-ortho nitro benzene ring substituents is 1. The SMILES string of the molecule is CC[C@H](C)[C@H](NS(=O)(=O)c1ccc([N+](=O)[O-])cc1Br)C(=O)O. The van der Waals surface area contributed by atoms with E-state index in [2.05, 4.69) is 20.7 Å². The number of hydrogen-bond acceptors (Lipinski definition) is 5. The first kappa shape index (κ1) is 18.5. The standard InChI is InChI=1S/C12H15BrN2O6S/c1-3-7(2)11(12(16)17)14-22(20,21)10-5-4-8(15(18)19)6-9(10)13/h4-7,11,14H,3H2,1-2H3,(H,16,17)/t7-,11-/m0/s1. The molecule has 1 aromatic rings. The van der Waals surface area contributed by atoms with Crippen LogP contribution in [-0.4, -0.2) is 30.5 Å². The van der Waals surface area contributed by atoms with Gasteiger partial charge in [0.05, 0.1) is 9.82 Å². The van der Waals surface area contributed by atoms with E-state index >= 15 is 0 Å². The molecule has 0 saturated carbocycles. The van der Waals surface area contributed by atoms with Crippen LogP contribution in [-0.2, 0) is 14.8 Å². The molecule has 0 unspecified atom stereocenters. The highest BCUT2D eigenvalue weighted by atomic mass is 79.9. The highest BCUT2D eigenvalue weighted by molar-refractivity contribution is 9.10. The molecule has 0 aliphatic rings. The van der Waals surface area contributed by atoms with Gasteiger partial charge in [0.25, 0.3) is 5.69 Å². The van der Waals surface area contributed by atoms with Crippen LogP contribution >= 0.6 is 15.9 Å². The van der Waals surface area contributed by atoms with Crippen LogP contribution in [0.4, 0.5) is 5.69 Å². The number of nitro benzene ring substituents is 1. The van der Waals surface area contributed by atoms with Gasteiger partial charge in [-0.25, -0.2) is 8.42 Å². The van der Waals surface area contributed by atoms with Crippen LogP contribution in [0.1, 0.15) is 20.3 Å². The Morgan fingerprint density at radius 3 is 2.50 bits per heavy atom. The summed E-state index contributed by atoms with van der Waals surface area (Å²) in [5, 5.41) is 19.8. The van der Waals surface area contributed by atoms with Crippen LogP contribution < -0.4 is 4.72 Å². The number of carboxylic acids is 1. The molecular weight excluding hydrogens is 380 g/mol.